The lowest BCUT2D eigenvalue weighted by Gasteiger charge is -2.13. The first-order valence-corrected chi connectivity index (χ1v) is 6.83. The molecule has 98 valence electrons. The molecule has 0 radical (unpaired) electrons. The van der Waals surface area contributed by atoms with E-state index >= 15 is 0 Å². The van der Waals surface area contributed by atoms with Crippen LogP contribution in [0.25, 0.3) is 11.2 Å². The van der Waals surface area contributed by atoms with E-state index in [2.05, 4.69) is 21.9 Å². The summed E-state index contributed by atoms with van der Waals surface area (Å²) in [5.74, 6) is 1.77. The van der Waals surface area contributed by atoms with Gasteiger partial charge < -0.3 is 10.7 Å². The van der Waals surface area contributed by atoms with Crippen molar-refractivity contribution in [1.82, 2.24) is 15.0 Å². The minimum atomic E-state index is 0.723. The number of imidazole rings is 1. The lowest BCUT2D eigenvalue weighted by molar-refractivity contribution is 0.418. The van der Waals surface area contributed by atoms with Gasteiger partial charge in [0.25, 0.3) is 0 Å². The number of aromatic amines is 1. The van der Waals surface area contributed by atoms with Crippen LogP contribution in [0.1, 0.15) is 38.4 Å². The monoisotopic (exact) mass is 246 g/mol. The van der Waals surface area contributed by atoms with Crippen LogP contribution in [0, 0.1) is 5.92 Å². The molecule has 0 aliphatic carbocycles. The van der Waals surface area contributed by atoms with Crippen LogP contribution in [0.15, 0.2) is 18.3 Å². The summed E-state index contributed by atoms with van der Waals surface area (Å²) < 4.78 is 0. The highest BCUT2D eigenvalue weighted by Crippen LogP contribution is 2.18. The van der Waals surface area contributed by atoms with Gasteiger partial charge in [-0.15, -0.1) is 0 Å². The van der Waals surface area contributed by atoms with E-state index in [-0.39, 0.29) is 0 Å². The van der Waals surface area contributed by atoms with Crippen LogP contribution in [-0.4, -0.2) is 21.5 Å². The second kappa shape index (κ2) is 6.50. The Morgan fingerprint density at radius 2 is 2.22 bits per heavy atom. The van der Waals surface area contributed by atoms with Gasteiger partial charge in [0, 0.05) is 12.6 Å². The molecule has 0 fully saturated rings. The van der Waals surface area contributed by atoms with Crippen LogP contribution in [0.4, 0.5) is 0 Å². The normalized spacial score (nSPS) is 13.0. The molecule has 0 aliphatic rings. The summed E-state index contributed by atoms with van der Waals surface area (Å²) in [6, 6.07) is 3.95. The third-order valence-corrected chi connectivity index (χ3v) is 3.37. The predicted molar refractivity (Wildman–Crippen MR) is 74.3 cm³/mol. The van der Waals surface area contributed by atoms with E-state index in [1.165, 1.54) is 12.8 Å². The van der Waals surface area contributed by atoms with Gasteiger partial charge in [0.1, 0.15) is 5.82 Å². The lowest BCUT2D eigenvalue weighted by Crippen LogP contribution is -2.10. The summed E-state index contributed by atoms with van der Waals surface area (Å²) >= 11 is 0. The van der Waals surface area contributed by atoms with Crippen molar-refractivity contribution in [3.8, 4) is 0 Å². The zero-order valence-electron chi connectivity index (χ0n) is 11.0. The number of fused-ring (bicyclic) bond motifs is 1. The Labute approximate surface area is 108 Å². The lowest BCUT2D eigenvalue weighted by atomic mass is 9.94. The number of pyridine rings is 1. The second-order valence-corrected chi connectivity index (χ2v) is 4.83. The van der Waals surface area contributed by atoms with Crippen molar-refractivity contribution in [2.75, 3.05) is 6.54 Å². The minimum absolute atomic E-state index is 0.723. The van der Waals surface area contributed by atoms with E-state index in [4.69, 9.17) is 5.73 Å². The SMILES string of the molecule is CCCC(CCN)CCc1nc2ncccc2[nH]1. The number of hydrogen-bond acceptors (Lipinski definition) is 3. The fourth-order valence-corrected chi connectivity index (χ4v) is 2.43. The molecule has 1 atom stereocenters. The summed E-state index contributed by atoms with van der Waals surface area (Å²) in [6.45, 7) is 3.01. The molecule has 0 saturated heterocycles. The standard InChI is InChI=1S/C14H22N4/c1-2-4-11(8-9-15)6-7-13-17-12-5-3-10-16-14(12)18-13/h3,5,10-11H,2,4,6-9,15H2,1H3,(H,16,17,18). The van der Waals surface area contributed by atoms with E-state index in [0.29, 0.717) is 0 Å². The van der Waals surface area contributed by atoms with E-state index < -0.39 is 0 Å². The Morgan fingerprint density at radius 1 is 1.33 bits per heavy atom. The number of rotatable bonds is 7. The van der Waals surface area contributed by atoms with Gasteiger partial charge in [-0.05, 0) is 37.4 Å². The van der Waals surface area contributed by atoms with Crippen LogP contribution in [0.2, 0.25) is 0 Å². The van der Waals surface area contributed by atoms with Crippen molar-refractivity contribution >= 4 is 11.2 Å². The third-order valence-electron chi connectivity index (χ3n) is 3.37. The molecule has 0 spiro atoms. The molecule has 3 N–H and O–H groups in total. The van der Waals surface area contributed by atoms with Gasteiger partial charge in [-0.2, -0.15) is 0 Å². The van der Waals surface area contributed by atoms with Gasteiger partial charge in [0.2, 0.25) is 0 Å². The van der Waals surface area contributed by atoms with Crippen LogP contribution < -0.4 is 5.73 Å². The van der Waals surface area contributed by atoms with E-state index in [0.717, 1.165) is 48.7 Å². The minimum Gasteiger partial charge on any atom is -0.341 e. The summed E-state index contributed by atoms with van der Waals surface area (Å²) in [4.78, 5) is 12.1. The van der Waals surface area contributed by atoms with Crippen molar-refractivity contribution in [3.05, 3.63) is 24.2 Å². The number of aromatic nitrogens is 3. The molecule has 2 heterocycles. The summed E-state index contributed by atoms with van der Waals surface area (Å²) in [5, 5.41) is 0. The highest BCUT2D eigenvalue weighted by atomic mass is 15.0. The highest BCUT2D eigenvalue weighted by molar-refractivity contribution is 5.69. The molecule has 2 rings (SSSR count). The number of nitrogens with zero attached hydrogens (tertiary/aromatic N) is 2. The van der Waals surface area contributed by atoms with Crippen LogP contribution in [-0.2, 0) is 6.42 Å². The molecular weight excluding hydrogens is 224 g/mol. The first-order chi connectivity index (χ1) is 8.83. The third kappa shape index (κ3) is 3.29. The molecule has 0 saturated carbocycles. The van der Waals surface area contributed by atoms with Crippen molar-refractivity contribution in [2.24, 2.45) is 11.7 Å². The molecule has 0 bridgehead atoms. The number of H-pyrrole nitrogens is 1. The highest BCUT2D eigenvalue weighted by Gasteiger charge is 2.09. The first-order valence-electron chi connectivity index (χ1n) is 6.83. The predicted octanol–water partition coefficient (Wildman–Crippen LogP) is 2.66. The summed E-state index contributed by atoms with van der Waals surface area (Å²) in [7, 11) is 0. The zero-order valence-corrected chi connectivity index (χ0v) is 11.0. The Morgan fingerprint density at radius 3 is 2.94 bits per heavy atom. The Kier molecular flexibility index (Phi) is 4.70. The molecule has 4 nitrogen and oxygen atoms in total. The summed E-state index contributed by atoms with van der Waals surface area (Å²) in [6.07, 6.45) is 7.53. The molecule has 0 aromatic carbocycles. The quantitative estimate of drug-likeness (QED) is 0.789. The fourth-order valence-electron chi connectivity index (χ4n) is 2.43. The van der Waals surface area contributed by atoms with E-state index in [9.17, 15) is 0 Å². The van der Waals surface area contributed by atoms with Gasteiger partial charge in [-0.1, -0.05) is 19.8 Å². The van der Waals surface area contributed by atoms with Crippen LogP contribution in [0.3, 0.4) is 0 Å². The van der Waals surface area contributed by atoms with Gasteiger partial charge in [-0.25, -0.2) is 9.97 Å². The van der Waals surface area contributed by atoms with Crippen molar-refractivity contribution in [2.45, 2.75) is 39.0 Å². The summed E-state index contributed by atoms with van der Waals surface area (Å²) in [5.41, 5.74) is 7.50. The molecule has 18 heavy (non-hydrogen) atoms. The number of nitrogens with two attached hydrogens (primary N) is 1. The molecule has 0 amide bonds. The van der Waals surface area contributed by atoms with Gasteiger partial charge in [-0.3, -0.25) is 0 Å². The Balaban J connectivity index is 1.95. The number of aryl methyl sites for hydroxylation is 1. The second-order valence-electron chi connectivity index (χ2n) is 4.83. The fraction of sp³-hybridized carbons (Fsp3) is 0.571. The smallest absolute Gasteiger partial charge is 0.177 e. The maximum absolute atomic E-state index is 5.66. The van der Waals surface area contributed by atoms with Gasteiger partial charge >= 0.3 is 0 Å². The Bertz CT molecular complexity index is 438. The van der Waals surface area contributed by atoms with E-state index in [1.54, 1.807) is 6.20 Å². The molecule has 2 aromatic rings. The first kappa shape index (κ1) is 13.0. The number of hydrogen-bond donors (Lipinski definition) is 2. The Hall–Kier alpha value is -1.42. The molecular formula is C14H22N4. The average molecular weight is 246 g/mol. The molecule has 2 aromatic heterocycles. The van der Waals surface area contributed by atoms with Gasteiger partial charge in [0.15, 0.2) is 5.65 Å². The maximum Gasteiger partial charge on any atom is 0.177 e. The van der Waals surface area contributed by atoms with Crippen LogP contribution in [0.5, 0.6) is 0 Å². The van der Waals surface area contributed by atoms with Crippen molar-refractivity contribution in [3.63, 3.8) is 0 Å². The average Bonchev–Trinajstić information content (AvgIpc) is 2.79. The molecule has 4 heteroatoms. The van der Waals surface area contributed by atoms with Crippen LogP contribution >= 0.6 is 0 Å². The van der Waals surface area contributed by atoms with Gasteiger partial charge in [0.05, 0.1) is 5.52 Å². The van der Waals surface area contributed by atoms with Crippen molar-refractivity contribution < 1.29 is 0 Å². The molecule has 0 aliphatic heterocycles. The topological polar surface area (TPSA) is 67.6 Å². The molecule has 1 unspecified atom stereocenters. The van der Waals surface area contributed by atoms with E-state index in [1.807, 2.05) is 12.1 Å². The largest absolute Gasteiger partial charge is 0.341 e. The zero-order chi connectivity index (χ0) is 12.8. The van der Waals surface area contributed by atoms with Crippen molar-refractivity contribution in [1.29, 1.82) is 0 Å². The maximum atomic E-state index is 5.66. The number of nitrogens with one attached hydrogen (secondary N) is 1.